The molecule has 1 atom stereocenters. The van der Waals surface area contributed by atoms with Crippen molar-refractivity contribution >= 4 is 33.2 Å². The largest absolute Gasteiger partial charge is 0.312 e. The molecule has 2 aliphatic rings. The first-order valence-corrected chi connectivity index (χ1v) is 10.8. The zero-order valence-corrected chi connectivity index (χ0v) is 16.9. The van der Waals surface area contributed by atoms with Gasteiger partial charge >= 0.3 is 0 Å². The molecule has 2 amide bonds. The van der Waals surface area contributed by atoms with Crippen molar-refractivity contribution in [2.45, 2.75) is 17.7 Å². The highest BCUT2D eigenvalue weighted by Crippen LogP contribution is 2.34. The summed E-state index contributed by atoms with van der Waals surface area (Å²) in [5, 5.41) is 0. The molecule has 2 aromatic rings. The number of hydrogen-bond acceptors (Lipinski definition) is 4. The van der Waals surface area contributed by atoms with Gasteiger partial charge in [0.15, 0.2) is 0 Å². The van der Waals surface area contributed by atoms with Crippen LogP contribution in [0.2, 0.25) is 0 Å². The monoisotopic (exact) mass is 435 g/mol. The molecule has 1 saturated heterocycles. The third-order valence-electron chi connectivity index (χ3n) is 5.42. The number of hydrogen-bond donors (Lipinski definition) is 1. The summed E-state index contributed by atoms with van der Waals surface area (Å²) in [6, 6.07) is 7.39. The van der Waals surface area contributed by atoms with Crippen molar-refractivity contribution in [2.75, 3.05) is 29.9 Å². The van der Waals surface area contributed by atoms with Crippen LogP contribution in [0, 0.1) is 17.6 Å². The number of fused-ring (bicyclic) bond motifs is 1. The predicted octanol–water partition coefficient (Wildman–Crippen LogP) is 1.82. The van der Waals surface area contributed by atoms with Crippen LogP contribution in [0.15, 0.2) is 41.3 Å². The lowest BCUT2D eigenvalue weighted by Gasteiger charge is -2.22. The number of anilines is 2. The average Bonchev–Trinajstić information content (AvgIpc) is 3.29. The second kappa shape index (κ2) is 7.44. The highest BCUT2D eigenvalue weighted by molar-refractivity contribution is 7.89. The van der Waals surface area contributed by atoms with Crippen LogP contribution in [0.4, 0.5) is 20.2 Å². The Morgan fingerprint density at radius 1 is 1.13 bits per heavy atom. The van der Waals surface area contributed by atoms with Crippen LogP contribution >= 0.6 is 0 Å². The zero-order chi connectivity index (χ0) is 21.6. The second-order valence-corrected chi connectivity index (χ2v) is 9.16. The fourth-order valence-electron chi connectivity index (χ4n) is 3.93. The number of amides is 2. The number of carbonyl (C=O) groups is 2. The topological polar surface area (TPSA) is 86.8 Å². The summed E-state index contributed by atoms with van der Waals surface area (Å²) < 4.78 is 53.3. The molecule has 1 unspecified atom stereocenters. The summed E-state index contributed by atoms with van der Waals surface area (Å²) in [6.45, 7) is 0.398. The van der Waals surface area contributed by atoms with Gasteiger partial charge in [-0.3, -0.25) is 9.59 Å². The Kier molecular flexibility index (Phi) is 5.07. The van der Waals surface area contributed by atoms with Crippen molar-refractivity contribution in [1.82, 2.24) is 4.72 Å². The minimum absolute atomic E-state index is 0.0264. The highest BCUT2D eigenvalue weighted by Gasteiger charge is 2.39. The quantitative estimate of drug-likeness (QED) is 0.794. The first kappa shape index (κ1) is 20.4. The van der Waals surface area contributed by atoms with Crippen LogP contribution in [-0.2, 0) is 26.0 Å². The Labute approximate surface area is 172 Å². The Morgan fingerprint density at radius 3 is 2.50 bits per heavy atom. The van der Waals surface area contributed by atoms with Crippen molar-refractivity contribution in [3.05, 3.63) is 53.6 Å². The molecular weight excluding hydrogens is 416 g/mol. The van der Waals surface area contributed by atoms with Crippen molar-refractivity contribution in [2.24, 2.45) is 5.92 Å². The van der Waals surface area contributed by atoms with Gasteiger partial charge in [0.25, 0.3) is 0 Å². The maximum absolute atomic E-state index is 13.5. The lowest BCUT2D eigenvalue weighted by atomic mass is 10.1. The first-order chi connectivity index (χ1) is 14.2. The number of halogens is 2. The van der Waals surface area contributed by atoms with E-state index < -0.39 is 27.6 Å². The van der Waals surface area contributed by atoms with Gasteiger partial charge in [-0.05, 0) is 49.4 Å². The van der Waals surface area contributed by atoms with Gasteiger partial charge in [0.1, 0.15) is 11.6 Å². The summed E-state index contributed by atoms with van der Waals surface area (Å²) >= 11 is 0. The molecule has 0 radical (unpaired) electrons. The van der Waals surface area contributed by atoms with Crippen molar-refractivity contribution < 1.29 is 26.8 Å². The van der Waals surface area contributed by atoms with E-state index in [9.17, 15) is 26.8 Å². The Balaban J connectivity index is 1.55. The first-order valence-electron chi connectivity index (χ1n) is 9.34. The van der Waals surface area contributed by atoms with E-state index in [1.165, 1.54) is 24.1 Å². The van der Waals surface area contributed by atoms with E-state index in [4.69, 9.17) is 0 Å². The Hall–Kier alpha value is -2.85. The average molecular weight is 435 g/mol. The molecule has 7 nitrogen and oxygen atoms in total. The van der Waals surface area contributed by atoms with E-state index in [0.29, 0.717) is 18.7 Å². The SMILES string of the molecule is CNS(=O)(=O)c1ccc2c(c1)CCN2C(=O)C1CC(=O)N(c2cc(F)cc(F)c2)C1. The minimum Gasteiger partial charge on any atom is -0.312 e. The highest BCUT2D eigenvalue weighted by atomic mass is 32.2. The molecular formula is C20H19F2N3O4S. The van der Waals surface area contributed by atoms with Gasteiger partial charge in [-0.25, -0.2) is 21.9 Å². The molecule has 2 heterocycles. The van der Waals surface area contributed by atoms with E-state index in [2.05, 4.69) is 4.72 Å². The molecule has 0 spiro atoms. The van der Waals surface area contributed by atoms with Crippen molar-refractivity contribution in [1.29, 1.82) is 0 Å². The van der Waals surface area contributed by atoms with Crippen molar-refractivity contribution in [3.63, 3.8) is 0 Å². The van der Waals surface area contributed by atoms with Crippen LogP contribution in [-0.4, -0.2) is 40.4 Å². The van der Waals surface area contributed by atoms with Gasteiger partial charge in [-0.1, -0.05) is 0 Å². The maximum Gasteiger partial charge on any atom is 0.240 e. The second-order valence-electron chi connectivity index (χ2n) is 7.27. The fourth-order valence-corrected chi connectivity index (χ4v) is 4.71. The number of nitrogens with one attached hydrogen (secondary N) is 1. The molecule has 1 fully saturated rings. The van der Waals surface area contributed by atoms with E-state index >= 15 is 0 Å². The van der Waals surface area contributed by atoms with Crippen LogP contribution in [0.1, 0.15) is 12.0 Å². The molecule has 0 aliphatic carbocycles. The summed E-state index contributed by atoms with van der Waals surface area (Å²) in [7, 11) is -2.27. The standard InChI is InChI=1S/C20H19F2N3O4S/c1-23-30(28,29)17-2-3-18-12(6-17)4-5-24(18)20(27)13-7-19(26)25(11-13)16-9-14(21)8-15(22)10-16/h2-3,6,8-10,13,23H,4-5,7,11H2,1H3. The number of nitrogens with zero attached hydrogens (tertiary/aromatic N) is 2. The van der Waals surface area contributed by atoms with Gasteiger partial charge in [-0.15, -0.1) is 0 Å². The molecule has 2 aromatic carbocycles. The van der Waals surface area contributed by atoms with Gasteiger partial charge < -0.3 is 9.80 Å². The van der Waals surface area contributed by atoms with Gasteiger partial charge in [0, 0.05) is 37.0 Å². The van der Waals surface area contributed by atoms with E-state index in [1.807, 2.05) is 0 Å². The Bertz CT molecular complexity index is 1130. The maximum atomic E-state index is 13.5. The number of rotatable bonds is 4. The third-order valence-corrected chi connectivity index (χ3v) is 6.84. The molecule has 30 heavy (non-hydrogen) atoms. The summed E-state index contributed by atoms with van der Waals surface area (Å²) in [5.74, 6) is -2.91. The lowest BCUT2D eigenvalue weighted by molar-refractivity contribution is -0.124. The van der Waals surface area contributed by atoms with Crippen LogP contribution in [0.3, 0.4) is 0 Å². The van der Waals surface area contributed by atoms with Gasteiger partial charge in [-0.2, -0.15) is 0 Å². The number of benzene rings is 2. The number of sulfonamides is 1. The number of carbonyl (C=O) groups excluding carboxylic acids is 2. The normalized spacial score (nSPS) is 18.8. The predicted molar refractivity (Wildman–Crippen MR) is 106 cm³/mol. The van der Waals surface area contributed by atoms with Gasteiger partial charge in [0.05, 0.1) is 10.8 Å². The molecule has 158 valence electrons. The third kappa shape index (κ3) is 3.56. The molecule has 10 heteroatoms. The molecule has 4 rings (SSSR count). The zero-order valence-electron chi connectivity index (χ0n) is 16.1. The van der Waals surface area contributed by atoms with Crippen molar-refractivity contribution in [3.8, 4) is 0 Å². The van der Waals surface area contributed by atoms with E-state index in [-0.39, 0.29) is 35.4 Å². The van der Waals surface area contributed by atoms with Crippen LogP contribution < -0.4 is 14.5 Å². The van der Waals surface area contributed by atoms with Crippen LogP contribution in [0.5, 0.6) is 0 Å². The summed E-state index contributed by atoms with van der Waals surface area (Å²) in [5.41, 5.74) is 1.42. The van der Waals surface area contributed by atoms with E-state index in [0.717, 1.165) is 23.8 Å². The smallest absolute Gasteiger partial charge is 0.240 e. The van der Waals surface area contributed by atoms with Crippen LogP contribution in [0.25, 0.3) is 0 Å². The summed E-state index contributed by atoms with van der Waals surface area (Å²) in [6.07, 6.45) is 0.433. The molecule has 2 aliphatic heterocycles. The van der Waals surface area contributed by atoms with E-state index in [1.54, 1.807) is 11.0 Å². The molecule has 0 aromatic heterocycles. The fraction of sp³-hybridized carbons (Fsp3) is 0.300. The lowest BCUT2D eigenvalue weighted by Crippen LogP contribution is -2.36. The Morgan fingerprint density at radius 2 is 1.83 bits per heavy atom. The summed E-state index contributed by atoms with van der Waals surface area (Å²) in [4.78, 5) is 28.3. The molecule has 0 bridgehead atoms. The van der Waals surface area contributed by atoms with Gasteiger partial charge in [0.2, 0.25) is 21.8 Å². The molecule has 1 N–H and O–H groups in total. The minimum atomic E-state index is -3.59. The molecule has 0 saturated carbocycles.